The lowest BCUT2D eigenvalue weighted by Gasteiger charge is -2.09. The van der Waals surface area contributed by atoms with Gasteiger partial charge in [0.2, 0.25) is 10.0 Å². The van der Waals surface area contributed by atoms with Crippen LogP contribution in [0.2, 0.25) is 0 Å². The van der Waals surface area contributed by atoms with E-state index in [4.69, 9.17) is 0 Å². The van der Waals surface area contributed by atoms with Crippen LogP contribution in [-0.4, -0.2) is 38.6 Å². The fraction of sp³-hybridized carbons (Fsp3) is 0.500. The minimum absolute atomic E-state index is 0.127. The van der Waals surface area contributed by atoms with Crippen molar-refractivity contribution in [3.8, 4) is 0 Å². The van der Waals surface area contributed by atoms with Crippen LogP contribution >= 0.6 is 0 Å². The fourth-order valence-corrected chi connectivity index (χ4v) is 2.76. The van der Waals surface area contributed by atoms with Crippen LogP contribution in [0.25, 0.3) is 0 Å². The molecule has 0 aromatic heterocycles. The molecule has 0 radical (unpaired) electrons. The summed E-state index contributed by atoms with van der Waals surface area (Å²) in [5.74, 6) is -0.286. The van der Waals surface area contributed by atoms with Crippen molar-refractivity contribution in [1.82, 2.24) is 10.0 Å². The molecule has 7 heteroatoms. The zero-order valence-corrected chi connectivity index (χ0v) is 13.1. The molecule has 1 atom stereocenters. The molecule has 118 valence electrons. The van der Waals surface area contributed by atoms with Crippen LogP contribution < -0.4 is 10.0 Å². The van der Waals surface area contributed by atoms with Crippen LogP contribution in [0.1, 0.15) is 37.0 Å². The number of hydrogen-bond acceptors (Lipinski definition) is 4. The highest BCUT2D eigenvalue weighted by Gasteiger charge is 2.13. The summed E-state index contributed by atoms with van der Waals surface area (Å²) in [4.78, 5) is 12.0. The van der Waals surface area contributed by atoms with Crippen molar-refractivity contribution in [2.45, 2.75) is 37.7 Å². The molecule has 0 aliphatic rings. The molecule has 0 aliphatic carbocycles. The molecule has 0 spiro atoms. The van der Waals surface area contributed by atoms with Crippen molar-refractivity contribution in [2.75, 3.05) is 13.1 Å². The summed E-state index contributed by atoms with van der Waals surface area (Å²) in [6, 6.07) is 5.73. The number of sulfonamides is 1. The standard InChI is InChI=1S/C14H22N2O4S/c1-3-12(17)9-10-15-14(18)11-5-7-13(8-6-11)21(19,20)16-4-2/h5-8,12,16-17H,3-4,9-10H2,1-2H3,(H,15,18). The Bertz CT molecular complexity index is 555. The van der Waals surface area contributed by atoms with E-state index in [2.05, 4.69) is 10.0 Å². The van der Waals surface area contributed by atoms with E-state index in [0.29, 0.717) is 31.5 Å². The molecule has 0 saturated carbocycles. The van der Waals surface area contributed by atoms with Gasteiger partial charge in [-0.3, -0.25) is 4.79 Å². The second kappa shape index (κ2) is 8.11. The van der Waals surface area contributed by atoms with E-state index in [1.807, 2.05) is 6.92 Å². The number of benzene rings is 1. The molecule has 1 rings (SSSR count). The molecule has 1 amide bonds. The van der Waals surface area contributed by atoms with Gasteiger partial charge in [0.05, 0.1) is 11.0 Å². The Balaban J connectivity index is 2.63. The number of nitrogens with one attached hydrogen (secondary N) is 2. The maximum atomic E-state index is 11.8. The molecule has 0 aliphatic heterocycles. The van der Waals surface area contributed by atoms with Crippen LogP contribution in [0.15, 0.2) is 29.2 Å². The first-order valence-electron chi connectivity index (χ1n) is 6.96. The third-order valence-electron chi connectivity index (χ3n) is 3.00. The van der Waals surface area contributed by atoms with Crippen LogP contribution in [0.4, 0.5) is 0 Å². The fourth-order valence-electron chi connectivity index (χ4n) is 1.72. The van der Waals surface area contributed by atoms with Gasteiger partial charge in [-0.15, -0.1) is 0 Å². The van der Waals surface area contributed by atoms with Crippen molar-refractivity contribution in [1.29, 1.82) is 0 Å². The summed E-state index contributed by atoms with van der Waals surface area (Å²) in [5, 5.41) is 12.1. The molecular formula is C14H22N2O4S. The zero-order valence-electron chi connectivity index (χ0n) is 12.3. The number of hydrogen-bond donors (Lipinski definition) is 3. The maximum Gasteiger partial charge on any atom is 0.251 e. The molecule has 1 unspecified atom stereocenters. The second-order valence-electron chi connectivity index (χ2n) is 4.63. The maximum absolute atomic E-state index is 11.8. The van der Waals surface area contributed by atoms with Gasteiger partial charge in [-0.2, -0.15) is 0 Å². The summed E-state index contributed by atoms with van der Waals surface area (Å²) in [7, 11) is -3.50. The highest BCUT2D eigenvalue weighted by molar-refractivity contribution is 7.89. The molecule has 6 nitrogen and oxygen atoms in total. The molecule has 3 N–H and O–H groups in total. The predicted octanol–water partition coefficient (Wildman–Crippen LogP) is 0.876. The summed E-state index contributed by atoms with van der Waals surface area (Å²) < 4.78 is 25.9. The van der Waals surface area contributed by atoms with Crippen molar-refractivity contribution in [2.24, 2.45) is 0 Å². The summed E-state index contributed by atoms with van der Waals surface area (Å²) in [6.45, 7) is 4.26. The lowest BCUT2D eigenvalue weighted by Crippen LogP contribution is -2.27. The van der Waals surface area contributed by atoms with E-state index in [-0.39, 0.29) is 10.8 Å². The Morgan fingerprint density at radius 1 is 1.24 bits per heavy atom. The van der Waals surface area contributed by atoms with Crippen molar-refractivity contribution < 1.29 is 18.3 Å². The van der Waals surface area contributed by atoms with Gasteiger partial charge in [-0.1, -0.05) is 13.8 Å². The molecule has 0 saturated heterocycles. The Morgan fingerprint density at radius 2 is 1.86 bits per heavy atom. The number of aliphatic hydroxyl groups is 1. The first-order chi connectivity index (χ1) is 9.90. The lowest BCUT2D eigenvalue weighted by molar-refractivity contribution is 0.0942. The van der Waals surface area contributed by atoms with Gasteiger partial charge in [0.15, 0.2) is 0 Å². The Morgan fingerprint density at radius 3 is 2.38 bits per heavy atom. The monoisotopic (exact) mass is 314 g/mol. The second-order valence-corrected chi connectivity index (χ2v) is 6.40. The lowest BCUT2D eigenvalue weighted by atomic mass is 10.2. The van der Waals surface area contributed by atoms with E-state index in [1.54, 1.807) is 6.92 Å². The van der Waals surface area contributed by atoms with Gasteiger partial charge in [0.25, 0.3) is 5.91 Å². The Kier molecular flexibility index (Phi) is 6.80. The third-order valence-corrected chi connectivity index (χ3v) is 4.56. The zero-order chi connectivity index (χ0) is 15.9. The number of aliphatic hydroxyl groups excluding tert-OH is 1. The molecule has 0 fully saturated rings. The number of carbonyl (C=O) groups excluding carboxylic acids is 1. The summed E-state index contributed by atoms with van der Waals surface area (Å²) in [5.41, 5.74) is 0.386. The van der Waals surface area contributed by atoms with Crippen molar-refractivity contribution >= 4 is 15.9 Å². The first kappa shape index (κ1) is 17.6. The van der Waals surface area contributed by atoms with Crippen LogP contribution in [0.3, 0.4) is 0 Å². The van der Waals surface area contributed by atoms with Crippen molar-refractivity contribution in [3.63, 3.8) is 0 Å². The average molecular weight is 314 g/mol. The van der Waals surface area contributed by atoms with Gasteiger partial charge in [-0.05, 0) is 37.1 Å². The smallest absolute Gasteiger partial charge is 0.251 e. The SMILES string of the molecule is CCNS(=O)(=O)c1ccc(C(=O)NCCC(O)CC)cc1. The average Bonchev–Trinajstić information content (AvgIpc) is 2.47. The van der Waals surface area contributed by atoms with E-state index in [0.717, 1.165) is 0 Å². The van der Waals surface area contributed by atoms with Gasteiger partial charge in [0.1, 0.15) is 0 Å². The number of rotatable bonds is 8. The Hall–Kier alpha value is -1.44. The molecular weight excluding hydrogens is 292 g/mol. The van der Waals surface area contributed by atoms with Gasteiger partial charge in [0, 0.05) is 18.7 Å². The topological polar surface area (TPSA) is 95.5 Å². The van der Waals surface area contributed by atoms with E-state index < -0.39 is 16.1 Å². The van der Waals surface area contributed by atoms with E-state index in [1.165, 1.54) is 24.3 Å². The molecule has 0 heterocycles. The van der Waals surface area contributed by atoms with Crippen LogP contribution in [-0.2, 0) is 10.0 Å². The van der Waals surface area contributed by atoms with Crippen molar-refractivity contribution in [3.05, 3.63) is 29.8 Å². The van der Waals surface area contributed by atoms with Crippen LogP contribution in [0, 0.1) is 0 Å². The normalized spacial score (nSPS) is 12.9. The first-order valence-corrected chi connectivity index (χ1v) is 8.45. The van der Waals surface area contributed by atoms with Gasteiger partial charge in [-0.25, -0.2) is 13.1 Å². The molecule has 0 bridgehead atoms. The van der Waals surface area contributed by atoms with Gasteiger partial charge < -0.3 is 10.4 Å². The molecule has 1 aromatic carbocycles. The number of amides is 1. The van der Waals surface area contributed by atoms with E-state index >= 15 is 0 Å². The predicted molar refractivity (Wildman–Crippen MR) is 80.6 cm³/mol. The highest BCUT2D eigenvalue weighted by Crippen LogP contribution is 2.10. The Labute approximate surface area is 125 Å². The molecule has 1 aromatic rings. The highest BCUT2D eigenvalue weighted by atomic mass is 32.2. The summed E-state index contributed by atoms with van der Waals surface area (Å²) >= 11 is 0. The number of carbonyl (C=O) groups is 1. The van der Waals surface area contributed by atoms with E-state index in [9.17, 15) is 18.3 Å². The van der Waals surface area contributed by atoms with Crippen LogP contribution in [0.5, 0.6) is 0 Å². The molecule has 21 heavy (non-hydrogen) atoms. The largest absolute Gasteiger partial charge is 0.393 e. The van der Waals surface area contributed by atoms with Gasteiger partial charge >= 0.3 is 0 Å². The quantitative estimate of drug-likeness (QED) is 0.663. The minimum atomic E-state index is -3.50. The third kappa shape index (κ3) is 5.45. The minimum Gasteiger partial charge on any atom is -0.393 e. The summed E-state index contributed by atoms with van der Waals surface area (Å²) in [6.07, 6.45) is 0.722.